The molecule has 2 aromatic heterocycles. The Morgan fingerprint density at radius 2 is 1.96 bits per heavy atom. The minimum Gasteiger partial charge on any atom is -0.315 e. The number of rotatable bonds is 3. The third kappa shape index (κ3) is 3.13. The molecule has 7 nitrogen and oxygen atoms in total. The third-order valence-electron chi connectivity index (χ3n) is 3.53. The van der Waals surface area contributed by atoms with Crippen LogP contribution < -0.4 is 16.6 Å². The van der Waals surface area contributed by atoms with Crippen LogP contribution >= 0.6 is 11.3 Å². The number of carbonyl (C=O) groups is 1. The predicted octanol–water partition coefficient (Wildman–Crippen LogP) is 1.60. The molecule has 25 heavy (non-hydrogen) atoms. The molecular weight excluding hydrogens is 347 g/mol. The first-order chi connectivity index (χ1) is 11.9. The van der Waals surface area contributed by atoms with Gasteiger partial charge in [-0.05, 0) is 12.1 Å². The van der Waals surface area contributed by atoms with E-state index in [1.807, 2.05) is 0 Å². The number of thiazole rings is 1. The van der Waals surface area contributed by atoms with Crippen LogP contribution in [0, 0.1) is 5.82 Å². The van der Waals surface area contributed by atoms with Gasteiger partial charge >= 0.3 is 5.69 Å². The zero-order chi connectivity index (χ0) is 18.1. The topological polar surface area (TPSA) is 86.0 Å². The van der Waals surface area contributed by atoms with Crippen LogP contribution in [0.2, 0.25) is 0 Å². The molecule has 0 bridgehead atoms. The van der Waals surface area contributed by atoms with Gasteiger partial charge in [-0.1, -0.05) is 12.1 Å². The monoisotopic (exact) mass is 360 g/mol. The van der Waals surface area contributed by atoms with Gasteiger partial charge < -0.3 is 9.88 Å². The molecule has 9 heteroatoms. The van der Waals surface area contributed by atoms with Crippen molar-refractivity contribution in [2.24, 2.45) is 14.1 Å². The number of anilines is 1. The molecule has 3 rings (SSSR count). The van der Waals surface area contributed by atoms with Crippen LogP contribution in [0.15, 0.2) is 46.2 Å². The zero-order valence-corrected chi connectivity index (χ0v) is 14.1. The molecular formula is C16H13FN4O3S. The van der Waals surface area contributed by atoms with Crippen LogP contribution in [0.3, 0.4) is 0 Å². The minimum absolute atomic E-state index is 0.0320. The second-order valence-corrected chi connectivity index (χ2v) is 6.29. The van der Waals surface area contributed by atoms with Crippen molar-refractivity contribution < 1.29 is 9.18 Å². The number of hydrogen-bond donors (Lipinski definition) is 1. The van der Waals surface area contributed by atoms with Gasteiger partial charge in [0.2, 0.25) is 0 Å². The fourth-order valence-corrected chi connectivity index (χ4v) is 3.05. The van der Waals surface area contributed by atoms with Gasteiger partial charge in [-0.15, -0.1) is 11.3 Å². The second kappa shape index (κ2) is 6.44. The van der Waals surface area contributed by atoms with Gasteiger partial charge in [-0.2, -0.15) is 0 Å². The molecule has 0 aliphatic carbocycles. The highest BCUT2D eigenvalue weighted by molar-refractivity contribution is 7.17. The molecule has 128 valence electrons. The highest BCUT2D eigenvalue weighted by Crippen LogP contribution is 2.27. The maximum Gasteiger partial charge on any atom is 0.330 e. The molecule has 0 unspecified atom stereocenters. The molecule has 0 saturated carbocycles. The van der Waals surface area contributed by atoms with E-state index in [0.29, 0.717) is 10.6 Å². The van der Waals surface area contributed by atoms with Gasteiger partial charge in [0, 0.05) is 25.9 Å². The Labute approximate surface area is 145 Å². The molecule has 1 amide bonds. The molecule has 3 aromatic rings. The van der Waals surface area contributed by atoms with Crippen molar-refractivity contribution in [3.63, 3.8) is 0 Å². The summed E-state index contributed by atoms with van der Waals surface area (Å²) in [5.41, 5.74) is -0.849. The average molecular weight is 360 g/mol. The van der Waals surface area contributed by atoms with E-state index in [1.54, 1.807) is 18.2 Å². The van der Waals surface area contributed by atoms with Crippen molar-refractivity contribution in [1.29, 1.82) is 0 Å². The predicted molar refractivity (Wildman–Crippen MR) is 92.4 cm³/mol. The van der Waals surface area contributed by atoms with Crippen LogP contribution in [0.4, 0.5) is 10.1 Å². The van der Waals surface area contributed by atoms with Gasteiger partial charge in [0.25, 0.3) is 11.5 Å². The number of nitrogens with one attached hydrogen (secondary N) is 1. The summed E-state index contributed by atoms with van der Waals surface area (Å²) < 4.78 is 15.9. The number of carbonyl (C=O) groups excluding carboxylic acids is 1. The van der Waals surface area contributed by atoms with Crippen molar-refractivity contribution in [3.05, 3.63) is 68.2 Å². The Kier molecular flexibility index (Phi) is 4.32. The average Bonchev–Trinajstić information content (AvgIpc) is 3.08. The maximum absolute atomic E-state index is 13.8. The number of aryl methyl sites for hydroxylation is 1. The SMILES string of the molecule is Cn1cc(NC(=O)c2cnc(-c3ccccc3F)s2)c(=O)n(C)c1=O. The molecule has 0 atom stereocenters. The number of nitrogens with zero attached hydrogens (tertiary/aromatic N) is 3. The van der Waals surface area contributed by atoms with Gasteiger partial charge in [0.1, 0.15) is 21.4 Å². The number of benzene rings is 1. The zero-order valence-electron chi connectivity index (χ0n) is 13.3. The lowest BCUT2D eigenvalue weighted by Gasteiger charge is -2.07. The molecule has 2 heterocycles. The first kappa shape index (κ1) is 16.8. The summed E-state index contributed by atoms with van der Waals surface area (Å²) in [6, 6.07) is 6.12. The molecule has 0 saturated heterocycles. The van der Waals surface area contributed by atoms with Crippen molar-refractivity contribution in [2.45, 2.75) is 0 Å². The number of amides is 1. The van der Waals surface area contributed by atoms with E-state index in [9.17, 15) is 18.8 Å². The molecule has 0 radical (unpaired) electrons. The highest BCUT2D eigenvalue weighted by atomic mass is 32.1. The Hall–Kier alpha value is -3.07. The smallest absolute Gasteiger partial charge is 0.315 e. The standard InChI is InChI=1S/C16H13FN4O3S/c1-20-8-11(15(23)21(2)16(20)24)19-13(22)12-7-18-14(25-12)9-5-3-4-6-10(9)17/h3-8H,1-2H3,(H,19,22). The van der Waals surface area contributed by atoms with Gasteiger partial charge in [0.05, 0.1) is 6.20 Å². The lowest BCUT2D eigenvalue weighted by atomic mass is 10.2. The Morgan fingerprint density at radius 3 is 2.68 bits per heavy atom. The molecule has 0 spiro atoms. The summed E-state index contributed by atoms with van der Waals surface area (Å²) in [7, 11) is 2.80. The molecule has 1 aromatic carbocycles. The van der Waals surface area contributed by atoms with E-state index in [2.05, 4.69) is 10.3 Å². The quantitative estimate of drug-likeness (QED) is 0.769. The van der Waals surface area contributed by atoms with Crippen molar-refractivity contribution in [2.75, 3.05) is 5.32 Å². The fourth-order valence-electron chi connectivity index (χ4n) is 2.22. The van der Waals surface area contributed by atoms with Crippen molar-refractivity contribution >= 4 is 22.9 Å². The lowest BCUT2D eigenvalue weighted by Crippen LogP contribution is -2.38. The molecule has 1 N–H and O–H groups in total. The lowest BCUT2D eigenvalue weighted by molar-refractivity contribution is 0.103. The Morgan fingerprint density at radius 1 is 1.24 bits per heavy atom. The van der Waals surface area contributed by atoms with Crippen LogP contribution in [0.5, 0.6) is 0 Å². The Balaban J connectivity index is 1.90. The van der Waals surface area contributed by atoms with E-state index in [4.69, 9.17) is 0 Å². The largest absolute Gasteiger partial charge is 0.330 e. The van der Waals surface area contributed by atoms with E-state index in [1.165, 1.54) is 37.1 Å². The van der Waals surface area contributed by atoms with Crippen LogP contribution in [0.25, 0.3) is 10.6 Å². The van der Waals surface area contributed by atoms with Crippen LogP contribution in [-0.4, -0.2) is 20.0 Å². The molecule has 0 fully saturated rings. The normalized spacial score (nSPS) is 10.7. The summed E-state index contributed by atoms with van der Waals surface area (Å²) in [6.07, 6.45) is 2.57. The summed E-state index contributed by atoms with van der Waals surface area (Å²) >= 11 is 1.00. The summed E-state index contributed by atoms with van der Waals surface area (Å²) in [5, 5.41) is 2.82. The summed E-state index contributed by atoms with van der Waals surface area (Å²) in [5.74, 6) is -0.994. The molecule has 0 aliphatic rings. The number of aromatic nitrogens is 3. The van der Waals surface area contributed by atoms with Crippen molar-refractivity contribution in [1.82, 2.24) is 14.1 Å². The first-order valence-corrected chi connectivity index (χ1v) is 7.99. The maximum atomic E-state index is 13.8. The number of hydrogen-bond acceptors (Lipinski definition) is 5. The van der Waals surface area contributed by atoms with Crippen LogP contribution in [0.1, 0.15) is 9.67 Å². The summed E-state index contributed by atoms with van der Waals surface area (Å²) in [4.78, 5) is 40.3. The van der Waals surface area contributed by atoms with Gasteiger partial charge in [-0.3, -0.25) is 14.2 Å². The fraction of sp³-hybridized carbons (Fsp3) is 0.125. The second-order valence-electron chi connectivity index (χ2n) is 5.26. The number of halogens is 1. The van der Waals surface area contributed by atoms with E-state index < -0.39 is 23.0 Å². The van der Waals surface area contributed by atoms with Crippen LogP contribution in [-0.2, 0) is 14.1 Å². The summed E-state index contributed by atoms with van der Waals surface area (Å²) in [6.45, 7) is 0. The van der Waals surface area contributed by atoms with E-state index in [-0.39, 0.29) is 10.6 Å². The third-order valence-corrected chi connectivity index (χ3v) is 4.56. The van der Waals surface area contributed by atoms with Gasteiger partial charge in [-0.25, -0.2) is 14.2 Å². The Bertz CT molecular complexity index is 1080. The van der Waals surface area contributed by atoms with E-state index >= 15 is 0 Å². The van der Waals surface area contributed by atoms with E-state index in [0.717, 1.165) is 15.9 Å². The molecule has 0 aliphatic heterocycles. The van der Waals surface area contributed by atoms with Gasteiger partial charge in [0.15, 0.2) is 0 Å². The minimum atomic E-state index is -0.615. The van der Waals surface area contributed by atoms with Crippen molar-refractivity contribution in [3.8, 4) is 10.6 Å². The highest BCUT2D eigenvalue weighted by Gasteiger charge is 2.16. The first-order valence-electron chi connectivity index (χ1n) is 7.17.